The Bertz CT molecular complexity index is 1020. The summed E-state index contributed by atoms with van der Waals surface area (Å²) in [5.74, 6) is 0.102. The number of hydrogen-bond donors (Lipinski definition) is 2. The monoisotopic (exact) mass is 466 g/mol. The first-order valence-electron chi connectivity index (χ1n) is 11.9. The van der Waals surface area contributed by atoms with Gasteiger partial charge in [0.15, 0.2) is 0 Å². The molecule has 1 aromatic heterocycles. The average Bonchev–Trinajstić information content (AvgIpc) is 3.39. The van der Waals surface area contributed by atoms with E-state index in [-0.39, 0.29) is 14.8 Å². The summed E-state index contributed by atoms with van der Waals surface area (Å²) < 4.78 is 0. The number of benzene rings is 2. The Morgan fingerprint density at radius 1 is 1.09 bits per heavy atom. The van der Waals surface area contributed by atoms with Crippen molar-refractivity contribution in [3.05, 3.63) is 87.6 Å². The van der Waals surface area contributed by atoms with E-state index in [2.05, 4.69) is 68.8 Å². The minimum Gasteiger partial charge on any atom is -0.381 e. The van der Waals surface area contributed by atoms with Gasteiger partial charge in [0.05, 0.1) is 6.04 Å². The number of thiophene rings is 1. The summed E-state index contributed by atoms with van der Waals surface area (Å²) in [6.45, 7) is 10.3. The molecule has 0 bridgehead atoms. The maximum atomic E-state index is 12.8. The number of piperazine rings is 1. The summed E-state index contributed by atoms with van der Waals surface area (Å²) in [6.07, 6.45) is 0. The molecule has 1 saturated heterocycles. The van der Waals surface area contributed by atoms with Crippen LogP contribution < -0.4 is 10.6 Å². The lowest BCUT2D eigenvalue weighted by Crippen LogP contribution is -2.45. The van der Waals surface area contributed by atoms with Gasteiger partial charge >= 0.3 is 0 Å². The van der Waals surface area contributed by atoms with Gasteiger partial charge in [0.2, 0.25) is 0 Å². The molecule has 33 heavy (non-hydrogen) atoms. The van der Waals surface area contributed by atoms with Gasteiger partial charge in [0.1, 0.15) is 0 Å². The van der Waals surface area contributed by atoms with Gasteiger partial charge in [-0.05, 0) is 71.6 Å². The lowest BCUT2D eigenvalue weighted by atomic mass is 9.95. The first-order valence-corrected chi connectivity index (χ1v) is 12.8. The minimum absolute atomic E-state index is 0. The van der Waals surface area contributed by atoms with E-state index >= 15 is 0 Å². The van der Waals surface area contributed by atoms with Crippen molar-refractivity contribution in [3.63, 3.8) is 0 Å². The SMILES string of the molecule is CCN(CC)C(=O)c1ccc([C@@H](c2cccc(NCc3ccsc3)c2)N2CCNCC2)cc1.[HH].[HH]. The van der Waals surface area contributed by atoms with Gasteiger partial charge in [0.25, 0.3) is 5.91 Å². The van der Waals surface area contributed by atoms with E-state index in [1.54, 1.807) is 11.3 Å². The van der Waals surface area contributed by atoms with Crippen LogP contribution in [-0.4, -0.2) is 55.0 Å². The highest BCUT2D eigenvalue weighted by Gasteiger charge is 2.24. The largest absolute Gasteiger partial charge is 0.381 e. The summed E-state index contributed by atoms with van der Waals surface area (Å²) in [5, 5.41) is 11.3. The molecule has 1 aliphatic rings. The first-order chi connectivity index (χ1) is 16.2. The zero-order valence-corrected chi connectivity index (χ0v) is 20.4. The molecule has 4 rings (SSSR count). The van der Waals surface area contributed by atoms with Crippen molar-refractivity contribution in [2.24, 2.45) is 0 Å². The van der Waals surface area contributed by atoms with Gasteiger partial charge in [0, 0.05) is 59.9 Å². The topological polar surface area (TPSA) is 47.6 Å². The van der Waals surface area contributed by atoms with E-state index in [0.29, 0.717) is 0 Å². The van der Waals surface area contributed by atoms with Crippen LogP contribution >= 0.6 is 11.3 Å². The zero-order valence-electron chi connectivity index (χ0n) is 19.6. The smallest absolute Gasteiger partial charge is 0.253 e. The van der Waals surface area contributed by atoms with Crippen LogP contribution in [0.25, 0.3) is 0 Å². The van der Waals surface area contributed by atoms with Crippen molar-refractivity contribution >= 4 is 22.9 Å². The second-order valence-electron chi connectivity index (χ2n) is 8.40. The quantitative estimate of drug-likeness (QED) is 0.448. The van der Waals surface area contributed by atoms with Gasteiger partial charge in [-0.2, -0.15) is 11.3 Å². The van der Waals surface area contributed by atoms with E-state index in [4.69, 9.17) is 0 Å². The van der Waals surface area contributed by atoms with Crippen molar-refractivity contribution in [2.75, 3.05) is 44.6 Å². The Morgan fingerprint density at radius 2 is 1.85 bits per heavy atom. The molecule has 3 aromatic rings. The van der Waals surface area contributed by atoms with Gasteiger partial charge in [-0.25, -0.2) is 0 Å². The number of carbonyl (C=O) groups excluding carboxylic acids is 1. The molecule has 2 aromatic carbocycles. The fourth-order valence-electron chi connectivity index (χ4n) is 4.47. The average molecular weight is 467 g/mol. The summed E-state index contributed by atoms with van der Waals surface area (Å²) in [5.41, 5.74) is 5.69. The summed E-state index contributed by atoms with van der Waals surface area (Å²) in [7, 11) is 0. The molecule has 1 fully saturated rings. The molecule has 0 aliphatic carbocycles. The Morgan fingerprint density at radius 3 is 2.52 bits per heavy atom. The van der Waals surface area contributed by atoms with Crippen LogP contribution in [0.4, 0.5) is 5.69 Å². The molecule has 5 nitrogen and oxygen atoms in total. The summed E-state index contributed by atoms with van der Waals surface area (Å²) in [6, 6.07) is 19.3. The van der Waals surface area contributed by atoms with E-state index in [0.717, 1.165) is 57.1 Å². The Hall–Kier alpha value is -2.67. The molecule has 2 heterocycles. The second kappa shape index (κ2) is 11.5. The van der Waals surface area contributed by atoms with E-state index in [1.807, 2.05) is 30.9 Å². The van der Waals surface area contributed by atoms with Crippen LogP contribution in [-0.2, 0) is 6.54 Å². The lowest BCUT2D eigenvalue weighted by Gasteiger charge is -2.36. The van der Waals surface area contributed by atoms with Gasteiger partial charge in [-0.1, -0.05) is 24.3 Å². The predicted octanol–water partition coefficient (Wildman–Crippen LogP) is 5.33. The van der Waals surface area contributed by atoms with Crippen molar-refractivity contribution in [1.29, 1.82) is 0 Å². The van der Waals surface area contributed by atoms with Crippen LogP contribution in [0.3, 0.4) is 0 Å². The van der Waals surface area contributed by atoms with Crippen LogP contribution in [0.2, 0.25) is 0 Å². The number of anilines is 1. The number of hydrogen-bond acceptors (Lipinski definition) is 5. The van der Waals surface area contributed by atoms with Gasteiger partial charge < -0.3 is 15.5 Å². The molecule has 0 unspecified atom stereocenters. The Labute approximate surface area is 204 Å². The van der Waals surface area contributed by atoms with Crippen molar-refractivity contribution in [3.8, 4) is 0 Å². The molecule has 0 saturated carbocycles. The number of carbonyl (C=O) groups is 1. The Balaban J connectivity index is 0.00000216. The van der Waals surface area contributed by atoms with E-state index < -0.39 is 0 Å². The van der Waals surface area contributed by atoms with Crippen molar-refractivity contribution in [1.82, 2.24) is 15.1 Å². The van der Waals surface area contributed by atoms with Crippen molar-refractivity contribution < 1.29 is 7.65 Å². The number of rotatable bonds is 9. The second-order valence-corrected chi connectivity index (χ2v) is 9.18. The molecular formula is C27H38N4OS. The van der Waals surface area contributed by atoms with E-state index in [1.165, 1.54) is 16.7 Å². The highest BCUT2D eigenvalue weighted by atomic mass is 32.1. The number of amides is 1. The van der Waals surface area contributed by atoms with Crippen LogP contribution in [0.15, 0.2) is 65.4 Å². The van der Waals surface area contributed by atoms with Gasteiger partial charge in [-0.3, -0.25) is 9.69 Å². The highest BCUT2D eigenvalue weighted by Crippen LogP contribution is 2.31. The number of nitrogens with zero attached hydrogens (tertiary/aromatic N) is 2. The van der Waals surface area contributed by atoms with Crippen LogP contribution in [0.1, 0.15) is 49.8 Å². The zero-order chi connectivity index (χ0) is 23.0. The van der Waals surface area contributed by atoms with Crippen LogP contribution in [0, 0.1) is 0 Å². The molecular weight excluding hydrogens is 428 g/mol. The minimum atomic E-state index is 0. The van der Waals surface area contributed by atoms with Crippen LogP contribution in [0.5, 0.6) is 0 Å². The molecule has 2 N–H and O–H groups in total. The summed E-state index contributed by atoms with van der Waals surface area (Å²) >= 11 is 1.73. The fourth-order valence-corrected chi connectivity index (χ4v) is 5.14. The fraction of sp³-hybridized carbons (Fsp3) is 0.370. The highest BCUT2D eigenvalue weighted by molar-refractivity contribution is 7.07. The first kappa shape index (κ1) is 23.5. The lowest BCUT2D eigenvalue weighted by molar-refractivity contribution is 0.0773. The third-order valence-corrected chi connectivity index (χ3v) is 7.05. The molecule has 0 spiro atoms. The molecule has 178 valence electrons. The molecule has 6 heteroatoms. The maximum absolute atomic E-state index is 12.8. The number of nitrogens with one attached hydrogen (secondary N) is 2. The summed E-state index contributed by atoms with van der Waals surface area (Å²) in [4.78, 5) is 17.2. The van der Waals surface area contributed by atoms with E-state index in [9.17, 15) is 4.79 Å². The van der Waals surface area contributed by atoms with Gasteiger partial charge in [-0.15, -0.1) is 0 Å². The molecule has 1 aliphatic heterocycles. The normalized spacial score (nSPS) is 15.2. The standard InChI is InChI=1S/C27H34N4OS.2H2/c1-3-30(4-2)27(32)23-10-8-22(9-11-23)26(31-15-13-28-14-16-31)24-6-5-7-25(18-24)29-19-21-12-17-33-20-21;;/h5-12,17-18,20,26,28-29H,3-4,13-16,19H2,1-2H3;2*1H/t26-;;/m0../s1. The molecule has 1 atom stereocenters. The molecule has 0 radical (unpaired) electrons. The third-order valence-electron chi connectivity index (χ3n) is 6.32. The van der Waals surface area contributed by atoms with Crippen molar-refractivity contribution in [2.45, 2.75) is 26.4 Å². The maximum Gasteiger partial charge on any atom is 0.253 e. The third kappa shape index (κ3) is 5.82. The predicted molar refractivity (Wildman–Crippen MR) is 142 cm³/mol. The Kier molecular flexibility index (Phi) is 8.15. The molecule has 1 amide bonds.